The van der Waals surface area contributed by atoms with E-state index in [1.165, 1.54) is 0 Å². The molecule has 1 rings (SSSR count). The average Bonchev–Trinajstić information content (AvgIpc) is 2.15. The fraction of sp³-hybridized carbons (Fsp3) is 0.125. The first-order valence-electron chi connectivity index (χ1n) is 3.73. The molecule has 7 heteroatoms. The number of aromatic carboxylic acids is 1. The lowest BCUT2D eigenvalue weighted by Gasteiger charge is -2.02. The zero-order chi connectivity index (χ0) is 11.6. The number of nitrogens with zero attached hydrogens (tertiary/aromatic N) is 1. The van der Waals surface area contributed by atoms with Crippen LogP contribution in [0.3, 0.4) is 0 Å². The van der Waals surface area contributed by atoms with Gasteiger partial charge in [0.25, 0.3) is 0 Å². The van der Waals surface area contributed by atoms with Crippen molar-refractivity contribution in [2.45, 2.75) is 5.33 Å². The Bertz CT molecular complexity index is 435. The van der Waals surface area contributed by atoms with E-state index in [1.807, 2.05) is 0 Å². The van der Waals surface area contributed by atoms with Crippen molar-refractivity contribution in [3.63, 3.8) is 0 Å². The van der Waals surface area contributed by atoms with Crippen LogP contribution in [0.1, 0.15) is 15.9 Å². The topological polar surface area (TPSA) is 80.4 Å². The highest BCUT2D eigenvalue weighted by Gasteiger charge is 2.22. The van der Waals surface area contributed by atoms with Gasteiger partial charge in [-0.1, -0.05) is 15.9 Å². The minimum atomic E-state index is -1.33. The number of carboxylic acids is 1. The number of alkyl halides is 1. The Kier molecular flexibility index (Phi) is 3.35. The smallest absolute Gasteiger partial charge is 0.335 e. The Morgan fingerprint density at radius 2 is 2.20 bits per heavy atom. The lowest BCUT2D eigenvalue weighted by molar-refractivity contribution is -0.388. The molecule has 0 saturated carbocycles. The van der Waals surface area contributed by atoms with Crippen molar-refractivity contribution >= 4 is 27.6 Å². The number of nitro groups is 1. The number of carboxylic acid groups (broad SMARTS) is 1. The van der Waals surface area contributed by atoms with Crippen molar-refractivity contribution in [1.29, 1.82) is 0 Å². The number of nitro benzene ring substituents is 1. The molecule has 0 unspecified atom stereocenters. The first-order chi connectivity index (χ1) is 6.97. The summed E-state index contributed by atoms with van der Waals surface area (Å²) in [4.78, 5) is 20.2. The number of carbonyl (C=O) groups is 1. The fourth-order valence-corrected chi connectivity index (χ4v) is 1.51. The molecule has 0 aromatic heterocycles. The molecule has 1 N–H and O–H groups in total. The van der Waals surface area contributed by atoms with Gasteiger partial charge < -0.3 is 5.11 Å². The van der Waals surface area contributed by atoms with Crippen LogP contribution < -0.4 is 0 Å². The molecular formula is C8H5BrFNO4. The Morgan fingerprint density at radius 3 is 2.60 bits per heavy atom. The molecule has 0 atom stereocenters. The summed E-state index contributed by atoms with van der Waals surface area (Å²) in [5.41, 5.74) is -1.01. The summed E-state index contributed by atoms with van der Waals surface area (Å²) < 4.78 is 13.2. The SMILES string of the molecule is O=C(O)c1cc(F)c([N+](=O)[O-])c(CBr)c1. The highest BCUT2D eigenvalue weighted by atomic mass is 79.9. The second kappa shape index (κ2) is 4.35. The number of hydrogen-bond donors (Lipinski definition) is 1. The standard InChI is InChI=1S/C8H5BrFNO4/c9-3-5-1-4(8(12)13)2-6(10)7(5)11(14)15/h1-2H,3H2,(H,12,13). The summed E-state index contributed by atoms with van der Waals surface area (Å²) >= 11 is 2.93. The van der Waals surface area contributed by atoms with Gasteiger partial charge >= 0.3 is 11.7 Å². The third-order valence-corrected chi connectivity index (χ3v) is 2.32. The number of hydrogen-bond acceptors (Lipinski definition) is 3. The van der Waals surface area contributed by atoms with E-state index in [4.69, 9.17) is 5.11 Å². The highest BCUT2D eigenvalue weighted by Crippen LogP contribution is 2.26. The summed E-state index contributed by atoms with van der Waals surface area (Å²) in [7, 11) is 0. The van der Waals surface area contributed by atoms with Crippen molar-refractivity contribution in [1.82, 2.24) is 0 Å². The molecule has 0 spiro atoms. The molecule has 1 aromatic rings. The van der Waals surface area contributed by atoms with Gasteiger partial charge in [-0.15, -0.1) is 0 Å². The second-order valence-corrected chi connectivity index (χ2v) is 3.22. The van der Waals surface area contributed by atoms with E-state index >= 15 is 0 Å². The van der Waals surface area contributed by atoms with E-state index in [-0.39, 0.29) is 16.5 Å². The molecular weight excluding hydrogens is 273 g/mol. The second-order valence-electron chi connectivity index (χ2n) is 2.66. The summed E-state index contributed by atoms with van der Waals surface area (Å²) in [6.45, 7) is 0. The zero-order valence-corrected chi connectivity index (χ0v) is 8.82. The maximum absolute atomic E-state index is 13.2. The minimum absolute atomic E-state index is 0.00241. The van der Waals surface area contributed by atoms with E-state index in [9.17, 15) is 19.3 Å². The molecule has 0 aliphatic rings. The quantitative estimate of drug-likeness (QED) is 0.522. The molecule has 0 amide bonds. The molecule has 1 aromatic carbocycles. The van der Waals surface area contributed by atoms with E-state index in [0.29, 0.717) is 6.07 Å². The first kappa shape index (κ1) is 11.6. The van der Waals surface area contributed by atoms with E-state index in [2.05, 4.69) is 15.9 Å². The van der Waals surface area contributed by atoms with E-state index in [1.54, 1.807) is 0 Å². The third kappa shape index (κ3) is 2.30. The van der Waals surface area contributed by atoms with Gasteiger partial charge in [-0.3, -0.25) is 10.1 Å². The van der Waals surface area contributed by atoms with Crippen LogP contribution in [0.25, 0.3) is 0 Å². The van der Waals surface area contributed by atoms with Crippen LogP contribution in [0.2, 0.25) is 0 Å². The van der Waals surface area contributed by atoms with Gasteiger partial charge in [0, 0.05) is 10.9 Å². The summed E-state index contributed by atoms with van der Waals surface area (Å²) in [6.07, 6.45) is 0. The molecule has 0 bridgehead atoms. The van der Waals surface area contributed by atoms with E-state index < -0.39 is 22.4 Å². The van der Waals surface area contributed by atoms with Crippen LogP contribution in [-0.4, -0.2) is 16.0 Å². The molecule has 0 fully saturated rings. The predicted molar refractivity (Wildman–Crippen MR) is 52.6 cm³/mol. The van der Waals surface area contributed by atoms with Gasteiger partial charge in [-0.25, -0.2) is 4.79 Å². The Morgan fingerprint density at radius 1 is 1.60 bits per heavy atom. The van der Waals surface area contributed by atoms with Crippen LogP contribution in [0.15, 0.2) is 12.1 Å². The van der Waals surface area contributed by atoms with Gasteiger partial charge in [0.15, 0.2) is 0 Å². The molecule has 0 saturated heterocycles. The van der Waals surface area contributed by atoms with Crippen molar-refractivity contribution in [3.8, 4) is 0 Å². The molecule has 80 valence electrons. The van der Waals surface area contributed by atoms with Gasteiger partial charge in [-0.2, -0.15) is 4.39 Å². The fourth-order valence-electron chi connectivity index (χ4n) is 1.09. The maximum atomic E-state index is 13.2. The third-order valence-electron chi connectivity index (χ3n) is 1.72. The minimum Gasteiger partial charge on any atom is -0.478 e. The Hall–Kier alpha value is -1.50. The van der Waals surface area contributed by atoms with Gasteiger partial charge in [0.2, 0.25) is 5.82 Å². The number of halogens is 2. The Labute approximate surface area is 91.8 Å². The van der Waals surface area contributed by atoms with Crippen LogP contribution in [0, 0.1) is 15.9 Å². The van der Waals surface area contributed by atoms with Gasteiger partial charge in [0.05, 0.1) is 10.5 Å². The average molecular weight is 278 g/mol. The summed E-state index contributed by atoms with van der Waals surface area (Å²) in [5.74, 6) is -2.47. The largest absolute Gasteiger partial charge is 0.478 e. The number of benzene rings is 1. The molecule has 0 heterocycles. The van der Waals surface area contributed by atoms with Crippen molar-refractivity contribution < 1.29 is 19.2 Å². The Balaban J connectivity index is 3.43. The summed E-state index contributed by atoms with van der Waals surface area (Å²) in [5, 5.41) is 19.1. The van der Waals surface area contributed by atoms with Crippen LogP contribution in [0.5, 0.6) is 0 Å². The van der Waals surface area contributed by atoms with Crippen LogP contribution in [0.4, 0.5) is 10.1 Å². The molecule has 15 heavy (non-hydrogen) atoms. The molecule has 5 nitrogen and oxygen atoms in total. The lowest BCUT2D eigenvalue weighted by atomic mass is 10.1. The maximum Gasteiger partial charge on any atom is 0.335 e. The lowest BCUT2D eigenvalue weighted by Crippen LogP contribution is -2.03. The summed E-state index contributed by atoms with van der Waals surface area (Å²) in [6, 6.07) is 1.70. The van der Waals surface area contributed by atoms with E-state index in [0.717, 1.165) is 6.07 Å². The van der Waals surface area contributed by atoms with Crippen molar-refractivity contribution in [2.75, 3.05) is 0 Å². The molecule has 0 aliphatic carbocycles. The van der Waals surface area contributed by atoms with Gasteiger partial charge in [-0.05, 0) is 12.1 Å². The zero-order valence-electron chi connectivity index (χ0n) is 7.24. The van der Waals surface area contributed by atoms with Crippen molar-refractivity contribution in [3.05, 3.63) is 39.2 Å². The monoisotopic (exact) mass is 277 g/mol. The highest BCUT2D eigenvalue weighted by molar-refractivity contribution is 9.08. The molecule has 0 radical (unpaired) electrons. The first-order valence-corrected chi connectivity index (χ1v) is 4.85. The normalized spacial score (nSPS) is 10.0. The van der Waals surface area contributed by atoms with Crippen LogP contribution in [-0.2, 0) is 5.33 Å². The predicted octanol–water partition coefficient (Wildman–Crippen LogP) is 2.33. The van der Waals surface area contributed by atoms with Crippen LogP contribution >= 0.6 is 15.9 Å². The van der Waals surface area contributed by atoms with Crippen molar-refractivity contribution in [2.24, 2.45) is 0 Å². The van der Waals surface area contributed by atoms with Gasteiger partial charge in [0.1, 0.15) is 0 Å². The number of rotatable bonds is 3. The molecule has 0 aliphatic heterocycles.